The Labute approximate surface area is 223 Å². The molecular formula is C27H22Cl2N2O4S. The lowest BCUT2D eigenvalue weighted by Gasteiger charge is -2.13. The Morgan fingerprint density at radius 2 is 1.83 bits per heavy atom. The third-order valence-corrected chi connectivity index (χ3v) is 7.12. The van der Waals surface area contributed by atoms with Crippen LogP contribution in [0.15, 0.2) is 65.6 Å². The highest BCUT2D eigenvalue weighted by molar-refractivity contribution is 8.18. The van der Waals surface area contributed by atoms with Crippen LogP contribution in [-0.2, 0) is 16.1 Å². The average molecular weight is 541 g/mol. The minimum atomic E-state index is -0.407. The van der Waals surface area contributed by atoms with E-state index in [1.54, 1.807) is 48.5 Å². The molecule has 0 radical (unpaired) electrons. The smallest absolute Gasteiger partial charge is 0.293 e. The Hall–Kier alpha value is -3.26. The Balaban J connectivity index is 1.40. The van der Waals surface area contributed by atoms with Gasteiger partial charge in [-0.2, -0.15) is 0 Å². The molecule has 1 aliphatic heterocycles. The molecule has 0 unspecified atom stereocenters. The molecule has 1 aliphatic rings. The lowest BCUT2D eigenvalue weighted by molar-refractivity contribution is -0.123. The number of benzene rings is 3. The zero-order valence-electron chi connectivity index (χ0n) is 19.5. The predicted molar refractivity (Wildman–Crippen MR) is 144 cm³/mol. The Morgan fingerprint density at radius 1 is 1.06 bits per heavy atom. The third kappa shape index (κ3) is 6.10. The van der Waals surface area contributed by atoms with Crippen molar-refractivity contribution in [3.05, 3.63) is 97.9 Å². The molecule has 3 aromatic carbocycles. The van der Waals surface area contributed by atoms with Crippen molar-refractivity contribution < 1.29 is 19.1 Å². The van der Waals surface area contributed by atoms with E-state index in [1.165, 1.54) is 0 Å². The Morgan fingerprint density at radius 3 is 2.61 bits per heavy atom. The van der Waals surface area contributed by atoms with Crippen molar-refractivity contribution in [3.63, 3.8) is 0 Å². The maximum atomic E-state index is 12.9. The van der Waals surface area contributed by atoms with Gasteiger partial charge in [-0.1, -0.05) is 53.5 Å². The number of ether oxygens (including phenoxy) is 1. The van der Waals surface area contributed by atoms with E-state index in [-0.39, 0.29) is 29.2 Å². The number of anilines is 1. The van der Waals surface area contributed by atoms with Crippen LogP contribution in [0, 0.1) is 13.8 Å². The van der Waals surface area contributed by atoms with Gasteiger partial charge < -0.3 is 10.1 Å². The van der Waals surface area contributed by atoms with Gasteiger partial charge in [0.05, 0.1) is 11.4 Å². The highest BCUT2D eigenvalue weighted by atomic mass is 35.5. The number of amides is 3. The zero-order chi connectivity index (χ0) is 25.8. The van der Waals surface area contributed by atoms with E-state index in [1.807, 2.05) is 32.0 Å². The lowest BCUT2D eigenvalue weighted by Crippen LogP contribution is -2.27. The highest BCUT2D eigenvalue weighted by Gasteiger charge is 2.35. The van der Waals surface area contributed by atoms with Crippen LogP contribution in [0.5, 0.6) is 5.75 Å². The van der Waals surface area contributed by atoms with E-state index >= 15 is 0 Å². The van der Waals surface area contributed by atoms with Gasteiger partial charge in [0.1, 0.15) is 5.75 Å². The van der Waals surface area contributed by atoms with Gasteiger partial charge in [0.15, 0.2) is 6.61 Å². The summed E-state index contributed by atoms with van der Waals surface area (Å²) in [6.07, 6.45) is 1.62. The van der Waals surface area contributed by atoms with Gasteiger partial charge in [0.25, 0.3) is 17.1 Å². The van der Waals surface area contributed by atoms with Crippen molar-refractivity contribution in [1.82, 2.24) is 4.90 Å². The molecule has 4 rings (SSSR count). The molecule has 1 N–H and O–H groups in total. The van der Waals surface area contributed by atoms with Crippen LogP contribution < -0.4 is 10.1 Å². The van der Waals surface area contributed by atoms with Crippen molar-refractivity contribution in [2.24, 2.45) is 0 Å². The molecule has 3 amide bonds. The minimum Gasteiger partial charge on any atom is -0.484 e. The van der Waals surface area contributed by atoms with E-state index in [2.05, 4.69) is 5.32 Å². The first-order valence-corrected chi connectivity index (χ1v) is 12.6. The van der Waals surface area contributed by atoms with Crippen molar-refractivity contribution in [3.8, 4) is 5.75 Å². The summed E-state index contributed by atoms with van der Waals surface area (Å²) in [4.78, 5) is 39.2. The van der Waals surface area contributed by atoms with Crippen LogP contribution in [0.2, 0.25) is 10.0 Å². The first-order chi connectivity index (χ1) is 17.2. The molecule has 184 valence electrons. The van der Waals surface area contributed by atoms with Crippen molar-refractivity contribution in [1.29, 1.82) is 0 Å². The van der Waals surface area contributed by atoms with E-state index in [4.69, 9.17) is 27.9 Å². The number of hydrogen-bond donors (Lipinski definition) is 1. The standard InChI is InChI=1S/C27H22Cl2N2O4S/c1-16-5-3-8-23(17(16)2)30-25(32)15-35-21-7-4-6-18(11-21)12-24-26(33)31(27(34)36-24)14-19-9-10-20(28)13-22(19)29/h3-13H,14-15H2,1-2H3,(H,30,32)/b24-12-. The maximum Gasteiger partial charge on any atom is 0.293 e. The summed E-state index contributed by atoms with van der Waals surface area (Å²) in [6.45, 7) is 3.81. The molecule has 9 heteroatoms. The van der Waals surface area contributed by atoms with Crippen LogP contribution in [0.1, 0.15) is 22.3 Å². The molecule has 0 aliphatic carbocycles. The fourth-order valence-electron chi connectivity index (χ4n) is 3.52. The minimum absolute atomic E-state index is 0.0523. The summed E-state index contributed by atoms with van der Waals surface area (Å²) in [6, 6.07) is 17.6. The molecule has 1 saturated heterocycles. The molecular weight excluding hydrogens is 519 g/mol. The van der Waals surface area contributed by atoms with E-state index in [0.29, 0.717) is 26.9 Å². The molecule has 6 nitrogen and oxygen atoms in total. The second-order valence-corrected chi connectivity index (χ2v) is 10.00. The largest absolute Gasteiger partial charge is 0.484 e. The normalized spacial score (nSPS) is 14.4. The summed E-state index contributed by atoms with van der Waals surface area (Å²) < 4.78 is 5.65. The van der Waals surface area contributed by atoms with Crippen molar-refractivity contribution in [2.45, 2.75) is 20.4 Å². The Kier molecular flexibility index (Phi) is 8.04. The molecule has 0 saturated carbocycles. The van der Waals surface area contributed by atoms with Gasteiger partial charge in [-0.3, -0.25) is 19.3 Å². The molecule has 1 fully saturated rings. The Bertz CT molecular complexity index is 1390. The van der Waals surface area contributed by atoms with Crippen molar-refractivity contribution >= 4 is 63.8 Å². The van der Waals surface area contributed by atoms with Crippen molar-refractivity contribution in [2.75, 3.05) is 11.9 Å². The summed E-state index contributed by atoms with van der Waals surface area (Å²) in [7, 11) is 0. The summed E-state index contributed by atoms with van der Waals surface area (Å²) in [5.41, 5.74) is 4.12. The number of carbonyl (C=O) groups is 3. The molecule has 36 heavy (non-hydrogen) atoms. The summed E-state index contributed by atoms with van der Waals surface area (Å²) >= 11 is 13.0. The summed E-state index contributed by atoms with van der Waals surface area (Å²) in [5, 5.41) is 3.33. The first-order valence-electron chi connectivity index (χ1n) is 11.0. The van der Waals surface area contributed by atoms with Gasteiger partial charge in [0.2, 0.25) is 0 Å². The predicted octanol–water partition coefficient (Wildman–Crippen LogP) is 6.86. The van der Waals surface area contributed by atoms with Gasteiger partial charge in [0, 0.05) is 15.7 Å². The number of aryl methyl sites for hydroxylation is 1. The molecule has 0 atom stereocenters. The van der Waals surface area contributed by atoms with Gasteiger partial charge in [-0.15, -0.1) is 0 Å². The fraction of sp³-hybridized carbons (Fsp3) is 0.148. The SMILES string of the molecule is Cc1cccc(NC(=O)COc2cccc(/C=C3\SC(=O)N(Cc4ccc(Cl)cc4Cl)C3=O)c2)c1C. The number of rotatable bonds is 7. The first kappa shape index (κ1) is 25.8. The maximum absolute atomic E-state index is 12.9. The lowest BCUT2D eigenvalue weighted by atomic mass is 10.1. The van der Waals surface area contributed by atoms with E-state index in [0.717, 1.165) is 33.5 Å². The second kappa shape index (κ2) is 11.2. The van der Waals surface area contributed by atoms with Crippen LogP contribution >= 0.6 is 35.0 Å². The van der Waals surface area contributed by atoms with Gasteiger partial charge in [-0.25, -0.2) is 0 Å². The molecule has 0 bridgehead atoms. The van der Waals surface area contributed by atoms with Crippen LogP contribution in [-0.4, -0.2) is 28.6 Å². The molecule has 3 aromatic rings. The van der Waals surface area contributed by atoms with E-state index < -0.39 is 5.91 Å². The van der Waals surface area contributed by atoms with E-state index in [9.17, 15) is 14.4 Å². The molecule has 0 spiro atoms. The number of nitrogens with one attached hydrogen (secondary N) is 1. The topological polar surface area (TPSA) is 75.7 Å². The van der Waals surface area contributed by atoms with Crippen LogP contribution in [0.3, 0.4) is 0 Å². The highest BCUT2D eigenvalue weighted by Crippen LogP contribution is 2.35. The third-order valence-electron chi connectivity index (χ3n) is 5.62. The van der Waals surface area contributed by atoms with Gasteiger partial charge >= 0.3 is 0 Å². The number of thioether (sulfide) groups is 1. The van der Waals surface area contributed by atoms with Crippen LogP contribution in [0.25, 0.3) is 6.08 Å². The average Bonchev–Trinajstić information content (AvgIpc) is 3.10. The quantitative estimate of drug-likeness (QED) is 0.331. The molecule has 1 heterocycles. The fourth-order valence-corrected chi connectivity index (χ4v) is 4.83. The summed E-state index contributed by atoms with van der Waals surface area (Å²) in [5.74, 6) is -0.224. The zero-order valence-corrected chi connectivity index (χ0v) is 21.8. The molecule has 0 aromatic heterocycles. The van der Waals surface area contributed by atoms with Crippen LogP contribution in [0.4, 0.5) is 10.5 Å². The number of nitrogens with zero attached hydrogens (tertiary/aromatic N) is 1. The number of hydrogen-bond acceptors (Lipinski definition) is 5. The second-order valence-electron chi connectivity index (χ2n) is 8.16. The monoisotopic (exact) mass is 540 g/mol. The van der Waals surface area contributed by atoms with Gasteiger partial charge in [-0.05, 0) is 84.3 Å². The number of halogens is 2. The number of imide groups is 1. The number of carbonyl (C=O) groups excluding carboxylic acids is 3.